The van der Waals surface area contributed by atoms with Crippen molar-refractivity contribution in [1.82, 2.24) is 15.1 Å². The minimum Gasteiger partial charge on any atom is -0.464 e. The lowest BCUT2D eigenvalue weighted by Gasteiger charge is -2.26. The van der Waals surface area contributed by atoms with Crippen molar-refractivity contribution in [3.63, 3.8) is 0 Å². The number of carbonyl (C=O) groups is 3. The van der Waals surface area contributed by atoms with Gasteiger partial charge in [-0.15, -0.1) is 0 Å². The van der Waals surface area contributed by atoms with Gasteiger partial charge in [0.1, 0.15) is 29.4 Å². The Balaban J connectivity index is 1.75. The fourth-order valence-electron chi connectivity index (χ4n) is 3.29. The SMILES string of the molecule is CC[C@]1(c2ccc(F)cc2)NC(=O)N(CC(=O)N(C)Cc2ccc(C)o2)C1=O. The maximum Gasteiger partial charge on any atom is 0.325 e. The van der Waals surface area contributed by atoms with Crippen LogP contribution in [0.15, 0.2) is 40.8 Å². The molecule has 4 amide bonds. The minimum atomic E-state index is -1.30. The zero-order chi connectivity index (χ0) is 20.5. The Morgan fingerprint density at radius 3 is 2.46 bits per heavy atom. The summed E-state index contributed by atoms with van der Waals surface area (Å²) in [6.07, 6.45) is 0.273. The number of urea groups is 1. The summed E-state index contributed by atoms with van der Waals surface area (Å²) < 4.78 is 18.7. The molecular weight excluding hydrogens is 365 g/mol. The number of furan rings is 1. The largest absolute Gasteiger partial charge is 0.464 e. The molecule has 0 spiro atoms. The maximum atomic E-state index is 13.3. The molecule has 3 rings (SSSR count). The molecule has 0 unspecified atom stereocenters. The van der Waals surface area contributed by atoms with Gasteiger partial charge in [-0.2, -0.15) is 0 Å². The number of hydrogen-bond donors (Lipinski definition) is 1. The van der Waals surface area contributed by atoms with Crippen LogP contribution in [-0.4, -0.2) is 41.2 Å². The Hall–Kier alpha value is -3.16. The van der Waals surface area contributed by atoms with Gasteiger partial charge < -0.3 is 14.6 Å². The molecule has 2 heterocycles. The summed E-state index contributed by atoms with van der Waals surface area (Å²) in [4.78, 5) is 40.3. The molecule has 0 saturated carbocycles. The predicted octanol–water partition coefficient (Wildman–Crippen LogP) is 2.54. The first kappa shape index (κ1) is 19.6. The number of hydrogen-bond acceptors (Lipinski definition) is 4. The molecule has 8 heteroatoms. The maximum absolute atomic E-state index is 13.3. The standard InChI is InChI=1S/C20H22FN3O4/c1-4-20(14-6-8-15(21)9-7-14)18(26)24(19(27)22-20)12-17(25)23(3)11-16-10-5-13(2)28-16/h5-10H,4,11-12H2,1-3H3,(H,22,27)/t20-/m1/s1. The summed E-state index contributed by atoms with van der Waals surface area (Å²) in [7, 11) is 1.58. The van der Waals surface area contributed by atoms with Gasteiger partial charge in [0.15, 0.2) is 0 Å². The lowest BCUT2D eigenvalue weighted by Crippen LogP contribution is -2.45. The second-order valence-corrected chi connectivity index (χ2v) is 6.85. The molecule has 0 radical (unpaired) electrons. The molecule has 1 fully saturated rings. The van der Waals surface area contributed by atoms with Crippen LogP contribution in [0.1, 0.15) is 30.4 Å². The quantitative estimate of drug-likeness (QED) is 0.772. The van der Waals surface area contributed by atoms with Crippen molar-refractivity contribution >= 4 is 17.8 Å². The van der Waals surface area contributed by atoms with E-state index in [1.807, 2.05) is 0 Å². The van der Waals surface area contributed by atoms with Crippen LogP contribution < -0.4 is 5.32 Å². The van der Waals surface area contributed by atoms with Gasteiger partial charge in [0.05, 0.1) is 6.54 Å². The van der Waals surface area contributed by atoms with E-state index in [-0.39, 0.29) is 19.5 Å². The summed E-state index contributed by atoms with van der Waals surface area (Å²) in [5, 5.41) is 2.68. The van der Waals surface area contributed by atoms with Crippen LogP contribution in [0.2, 0.25) is 0 Å². The third-order valence-corrected chi connectivity index (χ3v) is 4.95. The van der Waals surface area contributed by atoms with E-state index in [9.17, 15) is 18.8 Å². The van der Waals surface area contributed by atoms with E-state index >= 15 is 0 Å². The molecule has 1 atom stereocenters. The number of nitrogens with zero attached hydrogens (tertiary/aromatic N) is 2. The predicted molar refractivity (Wildman–Crippen MR) is 98.5 cm³/mol. The first-order valence-electron chi connectivity index (χ1n) is 8.96. The summed E-state index contributed by atoms with van der Waals surface area (Å²) in [5.74, 6) is -0.0175. The van der Waals surface area contributed by atoms with E-state index in [4.69, 9.17) is 4.42 Å². The van der Waals surface area contributed by atoms with Crippen LogP contribution in [0, 0.1) is 12.7 Å². The monoisotopic (exact) mass is 387 g/mol. The molecule has 1 aliphatic heterocycles. The van der Waals surface area contributed by atoms with Crippen LogP contribution >= 0.6 is 0 Å². The highest BCUT2D eigenvalue weighted by Gasteiger charge is 2.51. The lowest BCUT2D eigenvalue weighted by molar-refractivity contribution is -0.139. The van der Waals surface area contributed by atoms with Crippen molar-refractivity contribution in [2.24, 2.45) is 0 Å². The van der Waals surface area contributed by atoms with E-state index in [0.717, 1.165) is 10.7 Å². The zero-order valence-electron chi connectivity index (χ0n) is 16.0. The van der Waals surface area contributed by atoms with Crippen molar-refractivity contribution in [1.29, 1.82) is 0 Å². The molecular formula is C20H22FN3O4. The van der Waals surface area contributed by atoms with Crippen LogP contribution in [-0.2, 0) is 21.7 Å². The molecule has 1 aliphatic rings. The molecule has 28 heavy (non-hydrogen) atoms. The van der Waals surface area contributed by atoms with E-state index in [1.165, 1.54) is 29.2 Å². The molecule has 148 valence electrons. The van der Waals surface area contributed by atoms with E-state index < -0.39 is 29.2 Å². The number of amides is 4. The smallest absolute Gasteiger partial charge is 0.325 e. The molecule has 7 nitrogen and oxygen atoms in total. The lowest BCUT2D eigenvalue weighted by atomic mass is 9.87. The van der Waals surface area contributed by atoms with Crippen LogP contribution in [0.25, 0.3) is 0 Å². The third-order valence-electron chi connectivity index (χ3n) is 4.95. The van der Waals surface area contributed by atoms with Crippen molar-refractivity contribution in [2.75, 3.05) is 13.6 Å². The summed E-state index contributed by atoms with van der Waals surface area (Å²) in [5.41, 5.74) is -0.828. The highest BCUT2D eigenvalue weighted by Crippen LogP contribution is 2.32. The second kappa shape index (κ2) is 7.46. The van der Waals surface area contributed by atoms with Gasteiger partial charge in [0, 0.05) is 7.05 Å². The molecule has 1 aromatic carbocycles. The molecule has 0 aliphatic carbocycles. The van der Waals surface area contributed by atoms with Gasteiger partial charge in [-0.25, -0.2) is 9.18 Å². The fourth-order valence-corrected chi connectivity index (χ4v) is 3.29. The van der Waals surface area contributed by atoms with Crippen molar-refractivity contribution in [3.05, 3.63) is 59.3 Å². The average Bonchev–Trinajstić information content (AvgIpc) is 3.18. The molecule has 0 bridgehead atoms. The van der Waals surface area contributed by atoms with Gasteiger partial charge >= 0.3 is 6.03 Å². The van der Waals surface area contributed by atoms with Gasteiger partial charge in [-0.3, -0.25) is 14.5 Å². The highest BCUT2D eigenvalue weighted by molar-refractivity contribution is 6.09. The number of benzene rings is 1. The zero-order valence-corrected chi connectivity index (χ0v) is 16.0. The number of likely N-dealkylation sites (N-methyl/N-ethyl adjacent to an activating group) is 1. The highest BCUT2D eigenvalue weighted by atomic mass is 19.1. The van der Waals surface area contributed by atoms with Gasteiger partial charge in [0.25, 0.3) is 5.91 Å². The van der Waals surface area contributed by atoms with Crippen LogP contribution in [0.3, 0.4) is 0 Å². The molecule has 2 aromatic rings. The first-order chi connectivity index (χ1) is 13.3. The van der Waals surface area contributed by atoms with Gasteiger partial charge in [0.2, 0.25) is 5.91 Å². The minimum absolute atomic E-state index is 0.229. The summed E-state index contributed by atoms with van der Waals surface area (Å²) in [6.45, 7) is 3.40. The molecule has 1 N–H and O–H groups in total. The Morgan fingerprint density at radius 1 is 1.21 bits per heavy atom. The molecule has 1 saturated heterocycles. The Labute approximate surface area is 162 Å². The van der Waals surface area contributed by atoms with Crippen molar-refractivity contribution < 1.29 is 23.2 Å². The number of halogens is 1. The van der Waals surface area contributed by atoms with E-state index in [0.29, 0.717) is 11.3 Å². The van der Waals surface area contributed by atoms with Gasteiger partial charge in [-0.05, 0) is 43.2 Å². The number of imide groups is 1. The second-order valence-electron chi connectivity index (χ2n) is 6.85. The fraction of sp³-hybridized carbons (Fsp3) is 0.350. The average molecular weight is 387 g/mol. The Morgan fingerprint density at radius 2 is 1.89 bits per heavy atom. The topological polar surface area (TPSA) is 82.9 Å². The Kier molecular flexibility index (Phi) is 5.22. The van der Waals surface area contributed by atoms with Crippen LogP contribution in [0.5, 0.6) is 0 Å². The van der Waals surface area contributed by atoms with Crippen LogP contribution in [0.4, 0.5) is 9.18 Å². The number of rotatable bonds is 6. The van der Waals surface area contributed by atoms with E-state index in [1.54, 1.807) is 33.0 Å². The molecule has 1 aromatic heterocycles. The summed E-state index contributed by atoms with van der Waals surface area (Å²) in [6, 6.07) is 8.32. The van der Waals surface area contributed by atoms with Crippen molar-refractivity contribution in [2.45, 2.75) is 32.4 Å². The number of carbonyl (C=O) groups excluding carboxylic acids is 3. The first-order valence-corrected chi connectivity index (χ1v) is 8.96. The normalized spacial score (nSPS) is 19.1. The number of nitrogens with one attached hydrogen (secondary N) is 1. The Bertz CT molecular complexity index is 908. The van der Waals surface area contributed by atoms with Crippen molar-refractivity contribution in [3.8, 4) is 0 Å². The number of aryl methyl sites for hydroxylation is 1. The van der Waals surface area contributed by atoms with Gasteiger partial charge in [-0.1, -0.05) is 19.1 Å². The summed E-state index contributed by atoms with van der Waals surface area (Å²) >= 11 is 0. The third kappa shape index (κ3) is 3.49. The van der Waals surface area contributed by atoms with E-state index in [2.05, 4.69) is 5.32 Å².